The number of nitrogens with one attached hydrogen (secondary N) is 1. The number of benzene rings is 1. The van der Waals surface area contributed by atoms with Gasteiger partial charge in [0.1, 0.15) is 0 Å². The minimum absolute atomic E-state index is 0.291. The summed E-state index contributed by atoms with van der Waals surface area (Å²) >= 11 is 0. The van der Waals surface area contributed by atoms with Crippen molar-refractivity contribution in [3.05, 3.63) is 17.7 Å². The van der Waals surface area contributed by atoms with Gasteiger partial charge in [-0.3, -0.25) is 0 Å². The molecule has 1 aromatic rings. The minimum Gasteiger partial charge on any atom is -0.493 e. The lowest BCUT2D eigenvalue weighted by Crippen LogP contribution is -2.15. The molecule has 0 amide bonds. The molecule has 0 saturated heterocycles. The number of hydrogen-bond donors (Lipinski definition) is 2. The summed E-state index contributed by atoms with van der Waals surface area (Å²) in [6.45, 7) is 2.01. The second-order valence-electron chi connectivity index (χ2n) is 4.85. The van der Waals surface area contributed by atoms with Gasteiger partial charge in [0.05, 0.1) is 21.3 Å². The lowest BCUT2D eigenvalue weighted by molar-refractivity contribution is 0.282. The van der Waals surface area contributed by atoms with E-state index in [4.69, 9.17) is 19.3 Å². The highest BCUT2D eigenvalue weighted by Crippen LogP contribution is 2.38. The Bertz CT molecular complexity index is 384. The van der Waals surface area contributed by atoms with Crippen LogP contribution < -0.4 is 19.5 Å². The van der Waals surface area contributed by atoms with E-state index in [9.17, 15) is 0 Å². The zero-order chi connectivity index (χ0) is 15.5. The number of aliphatic hydroxyl groups excluding tert-OH is 1. The molecule has 0 atom stereocenters. The highest BCUT2D eigenvalue weighted by molar-refractivity contribution is 5.53. The minimum atomic E-state index is 0.291. The van der Waals surface area contributed by atoms with Crippen molar-refractivity contribution in [2.45, 2.75) is 32.2 Å². The van der Waals surface area contributed by atoms with Crippen LogP contribution in [-0.4, -0.2) is 39.6 Å². The van der Waals surface area contributed by atoms with Crippen LogP contribution in [0.25, 0.3) is 0 Å². The average molecular weight is 297 g/mol. The maximum atomic E-state index is 8.71. The number of hydrogen-bond acceptors (Lipinski definition) is 5. The van der Waals surface area contributed by atoms with E-state index in [1.807, 2.05) is 12.1 Å². The lowest BCUT2D eigenvalue weighted by Gasteiger charge is -2.14. The third kappa shape index (κ3) is 5.81. The molecule has 1 aromatic carbocycles. The molecular weight excluding hydrogens is 270 g/mol. The summed E-state index contributed by atoms with van der Waals surface area (Å²) in [4.78, 5) is 0. The Morgan fingerprint density at radius 1 is 0.905 bits per heavy atom. The van der Waals surface area contributed by atoms with Crippen LogP contribution in [-0.2, 0) is 6.54 Å². The first-order valence-corrected chi connectivity index (χ1v) is 7.37. The number of aliphatic hydroxyl groups is 1. The molecule has 0 aliphatic rings. The summed E-state index contributed by atoms with van der Waals surface area (Å²) in [7, 11) is 4.84. The normalized spacial score (nSPS) is 10.5. The zero-order valence-corrected chi connectivity index (χ0v) is 13.3. The van der Waals surface area contributed by atoms with E-state index in [0.29, 0.717) is 23.9 Å². The molecule has 0 aromatic heterocycles. The Balaban J connectivity index is 2.48. The molecule has 5 heteroatoms. The van der Waals surface area contributed by atoms with Gasteiger partial charge in [0.2, 0.25) is 5.75 Å². The maximum absolute atomic E-state index is 8.71. The van der Waals surface area contributed by atoms with Crippen LogP contribution in [0, 0.1) is 0 Å². The van der Waals surface area contributed by atoms with Gasteiger partial charge in [-0.1, -0.05) is 12.8 Å². The van der Waals surface area contributed by atoms with Gasteiger partial charge in [-0.25, -0.2) is 0 Å². The van der Waals surface area contributed by atoms with Crippen LogP contribution in [0.4, 0.5) is 0 Å². The quantitative estimate of drug-likeness (QED) is 0.614. The molecule has 0 radical (unpaired) electrons. The van der Waals surface area contributed by atoms with Crippen LogP contribution in [0.15, 0.2) is 12.1 Å². The van der Waals surface area contributed by atoms with Crippen molar-refractivity contribution < 1.29 is 19.3 Å². The van der Waals surface area contributed by atoms with E-state index >= 15 is 0 Å². The van der Waals surface area contributed by atoms with Gasteiger partial charge in [0, 0.05) is 13.2 Å². The van der Waals surface area contributed by atoms with E-state index < -0.39 is 0 Å². The fraction of sp³-hybridized carbons (Fsp3) is 0.625. The molecule has 0 saturated carbocycles. The first kappa shape index (κ1) is 17.6. The molecule has 0 aliphatic heterocycles. The molecule has 0 spiro atoms. The van der Waals surface area contributed by atoms with E-state index in [0.717, 1.165) is 44.3 Å². The molecule has 21 heavy (non-hydrogen) atoms. The predicted molar refractivity (Wildman–Crippen MR) is 83.4 cm³/mol. The summed E-state index contributed by atoms with van der Waals surface area (Å²) in [6.07, 6.45) is 4.24. The molecule has 0 aliphatic carbocycles. The largest absolute Gasteiger partial charge is 0.493 e. The SMILES string of the molecule is COc1cc(CNCCCCCCO)cc(OC)c1OC. The highest BCUT2D eigenvalue weighted by atomic mass is 16.5. The van der Waals surface area contributed by atoms with Crippen molar-refractivity contribution in [1.29, 1.82) is 0 Å². The second kappa shape index (κ2) is 10.3. The van der Waals surface area contributed by atoms with E-state index in [1.54, 1.807) is 21.3 Å². The van der Waals surface area contributed by atoms with Crippen molar-refractivity contribution in [2.24, 2.45) is 0 Å². The van der Waals surface area contributed by atoms with Crippen molar-refractivity contribution in [3.63, 3.8) is 0 Å². The molecule has 120 valence electrons. The third-order valence-corrected chi connectivity index (χ3v) is 3.32. The molecular formula is C16H27NO4. The molecule has 2 N–H and O–H groups in total. The van der Waals surface area contributed by atoms with Gasteiger partial charge in [-0.05, 0) is 37.1 Å². The summed E-state index contributed by atoms with van der Waals surface area (Å²) < 4.78 is 16.0. The number of unbranched alkanes of at least 4 members (excludes halogenated alkanes) is 3. The van der Waals surface area contributed by atoms with Crippen LogP contribution >= 0.6 is 0 Å². The molecule has 5 nitrogen and oxygen atoms in total. The van der Waals surface area contributed by atoms with Crippen LogP contribution in [0.3, 0.4) is 0 Å². The Morgan fingerprint density at radius 3 is 2.05 bits per heavy atom. The van der Waals surface area contributed by atoms with Gasteiger partial charge in [-0.15, -0.1) is 0 Å². The highest BCUT2D eigenvalue weighted by Gasteiger charge is 2.12. The Morgan fingerprint density at radius 2 is 1.52 bits per heavy atom. The maximum Gasteiger partial charge on any atom is 0.203 e. The second-order valence-corrected chi connectivity index (χ2v) is 4.85. The predicted octanol–water partition coefficient (Wildman–Crippen LogP) is 2.35. The van der Waals surface area contributed by atoms with Gasteiger partial charge in [0.25, 0.3) is 0 Å². The smallest absolute Gasteiger partial charge is 0.203 e. The van der Waals surface area contributed by atoms with Gasteiger partial charge < -0.3 is 24.6 Å². The Hall–Kier alpha value is -1.46. The summed E-state index contributed by atoms with van der Waals surface area (Å²) in [5.74, 6) is 1.97. The first-order chi connectivity index (χ1) is 10.3. The van der Waals surface area contributed by atoms with Crippen LogP contribution in [0.5, 0.6) is 17.2 Å². The van der Waals surface area contributed by atoms with E-state index in [2.05, 4.69) is 5.32 Å². The summed E-state index contributed by atoms with van der Waals surface area (Å²) in [5, 5.41) is 12.1. The molecule has 0 heterocycles. The van der Waals surface area contributed by atoms with Gasteiger partial charge >= 0.3 is 0 Å². The monoisotopic (exact) mass is 297 g/mol. The molecule has 1 rings (SSSR count). The fourth-order valence-electron chi connectivity index (χ4n) is 2.19. The van der Waals surface area contributed by atoms with Crippen molar-refractivity contribution in [1.82, 2.24) is 5.32 Å². The Kier molecular flexibility index (Phi) is 8.62. The standard InChI is InChI=1S/C16H27NO4/c1-19-14-10-13(11-15(20-2)16(14)21-3)12-17-8-6-4-5-7-9-18/h10-11,17-18H,4-9,12H2,1-3H3. The number of methoxy groups -OCH3 is 3. The fourth-order valence-corrected chi connectivity index (χ4v) is 2.19. The van der Waals surface area contributed by atoms with Crippen LogP contribution in [0.1, 0.15) is 31.2 Å². The van der Waals surface area contributed by atoms with Crippen molar-refractivity contribution in [3.8, 4) is 17.2 Å². The Labute approximate surface area is 127 Å². The number of rotatable bonds is 11. The van der Waals surface area contributed by atoms with E-state index in [1.165, 1.54) is 0 Å². The van der Waals surface area contributed by atoms with Gasteiger partial charge in [0.15, 0.2) is 11.5 Å². The molecule has 0 unspecified atom stereocenters. The van der Waals surface area contributed by atoms with Gasteiger partial charge in [-0.2, -0.15) is 0 Å². The van der Waals surface area contributed by atoms with Crippen molar-refractivity contribution >= 4 is 0 Å². The molecule has 0 bridgehead atoms. The topological polar surface area (TPSA) is 60.0 Å². The lowest BCUT2D eigenvalue weighted by atomic mass is 10.1. The zero-order valence-electron chi connectivity index (χ0n) is 13.3. The van der Waals surface area contributed by atoms with Crippen molar-refractivity contribution in [2.75, 3.05) is 34.5 Å². The van der Waals surface area contributed by atoms with Crippen LogP contribution in [0.2, 0.25) is 0 Å². The summed E-state index contributed by atoms with van der Waals surface area (Å²) in [6, 6.07) is 3.92. The summed E-state index contributed by atoms with van der Waals surface area (Å²) in [5.41, 5.74) is 1.10. The number of ether oxygens (including phenoxy) is 3. The average Bonchev–Trinajstić information content (AvgIpc) is 2.52. The third-order valence-electron chi connectivity index (χ3n) is 3.32. The van der Waals surface area contributed by atoms with E-state index in [-0.39, 0.29) is 0 Å². The first-order valence-electron chi connectivity index (χ1n) is 7.37. The molecule has 0 fully saturated rings.